The van der Waals surface area contributed by atoms with Crippen LogP contribution in [0.5, 0.6) is 5.75 Å². The van der Waals surface area contributed by atoms with Gasteiger partial charge >= 0.3 is 5.97 Å². The monoisotopic (exact) mass is 337 g/mol. The van der Waals surface area contributed by atoms with Gasteiger partial charge in [0, 0.05) is 24.8 Å². The Morgan fingerprint density at radius 1 is 1.26 bits per heavy atom. The summed E-state index contributed by atoms with van der Waals surface area (Å²) in [5.41, 5.74) is 1.13. The maximum Gasteiger partial charge on any atom is 0.315 e. The fourth-order valence-electron chi connectivity index (χ4n) is 2.54. The summed E-state index contributed by atoms with van der Waals surface area (Å²) in [6.45, 7) is 1.50. The van der Waals surface area contributed by atoms with E-state index >= 15 is 0 Å². The van der Waals surface area contributed by atoms with Gasteiger partial charge in [-0.25, -0.2) is 0 Å². The molecule has 1 aliphatic rings. The molecule has 0 saturated carbocycles. The molecule has 1 aromatic carbocycles. The number of methoxy groups -OCH3 is 2. The number of nitrogens with zero attached hydrogens (tertiary/aromatic N) is 1. The van der Waals surface area contributed by atoms with Crippen molar-refractivity contribution in [3.63, 3.8) is 0 Å². The van der Waals surface area contributed by atoms with Crippen molar-refractivity contribution in [1.29, 1.82) is 0 Å². The van der Waals surface area contributed by atoms with Crippen molar-refractivity contribution in [2.75, 3.05) is 33.1 Å². The van der Waals surface area contributed by atoms with E-state index in [1.807, 2.05) is 29.2 Å². The van der Waals surface area contributed by atoms with Crippen LogP contribution >= 0.6 is 11.8 Å². The number of ether oxygens (including phenoxy) is 2. The summed E-state index contributed by atoms with van der Waals surface area (Å²) in [5.74, 6) is 1.15. The van der Waals surface area contributed by atoms with Crippen molar-refractivity contribution < 1.29 is 19.1 Å². The molecule has 1 atom stereocenters. The zero-order valence-corrected chi connectivity index (χ0v) is 14.4. The lowest BCUT2D eigenvalue weighted by Crippen LogP contribution is -2.29. The molecule has 0 bridgehead atoms. The molecule has 0 radical (unpaired) electrons. The summed E-state index contributed by atoms with van der Waals surface area (Å²) in [6.07, 6.45) is 2.19. The molecule has 1 aromatic rings. The first-order valence-corrected chi connectivity index (χ1v) is 8.76. The highest BCUT2D eigenvalue weighted by molar-refractivity contribution is 8.00. The summed E-state index contributed by atoms with van der Waals surface area (Å²) >= 11 is 1.57. The minimum atomic E-state index is -0.209. The van der Waals surface area contributed by atoms with Gasteiger partial charge in [-0.05, 0) is 30.5 Å². The van der Waals surface area contributed by atoms with Crippen molar-refractivity contribution in [3.8, 4) is 5.75 Å². The van der Waals surface area contributed by atoms with E-state index in [1.54, 1.807) is 18.9 Å². The van der Waals surface area contributed by atoms with E-state index in [0.29, 0.717) is 17.4 Å². The lowest BCUT2D eigenvalue weighted by Gasteiger charge is -2.16. The van der Waals surface area contributed by atoms with Crippen molar-refractivity contribution in [2.45, 2.75) is 24.5 Å². The SMILES string of the molecule is COC(=O)CSC1CCN(C(=O)CCc2ccc(OC)cc2)C1. The first-order chi connectivity index (χ1) is 11.1. The predicted molar refractivity (Wildman–Crippen MR) is 90.8 cm³/mol. The molecule has 0 N–H and O–H groups in total. The van der Waals surface area contributed by atoms with Gasteiger partial charge in [0.1, 0.15) is 5.75 Å². The van der Waals surface area contributed by atoms with Crippen molar-refractivity contribution in [1.82, 2.24) is 4.90 Å². The van der Waals surface area contributed by atoms with E-state index in [2.05, 4.69) is 4.74 Å². The molecule has 2 rings (SSSR count). The van der Waals surface area contributed by atoms with Gasteiger partial charge in [-0.15, -0.1) is 11.8 Å². The average Bonchev–Trinajstić information content (AvgIpc) is 3.07. The lowest BCUT2D eigenvalue weighted by molar-refractivity contribution is -0.137. The molecule has 126 valence electrons. The lowest BCUT2D eigenvalue weighted by atomic mass is 10.1. The van der Waals surface area contributed by atoms with Crippen LogP contribution in [0.2, 0.25) is 0 Å². The Labute approximate surface area is 141 Å². The van der Waals surface area contributed by atoms with Gasteiger partial charge in [0.05, 0.1) is 20.0 Å². The minimum Gasteiger partial charge on any atom is -0.497 e. The summed E-state index contributed by atoms with van der Waals surface area (Å²) in [4.78, 5) is 25.3. The van der Waals surface area contributed by atoms with Crippen LogP contribution < -0.4 is 4.74 Å². The number of hydrogen-bond acceptors (Lipinski definition) is 5. The highest BCUT2D eigenvalue weighted by atomic mass is 32.2. The summed E-state index contributed by atoms with van der Waals surface area (Å²) < 4.78 is 9.76. The molecule has 0 aliphatic carbocycles. The number of carbonyl (C=O) groups is 2. The Kier molecular flexibility index (Phi) is 6.77. The van der Waals surface area contributed by atoms with Gasteiger partial charge in [0.25, 0.3) is 0 Å². The highest BCUT2D eigenvalue weighted by Crippen LogP contribution is 2.23. The second-order valence-corrected chi connectivity index (χ2v) is 6.77. The maximum atomic E-state index is 12.3. The molecule has 6 heteroatoms. The van der Waals surface area contributed by atoms with Gasteiger partial charge in [0.15, 0.2) is 0 Å². The molecule has 1 saturated heterocycles. The normalized spacial score (nSPS) is 17.1. The van der Waals surface area contributed by atoms with Crippen LogP contribution in [0.1, 0.15) is 18.4 Å². The molecule has 1 fully saturated rings. The highest BCUT2D eigenvalue weighted by Gasteiger charge is 2.26. The van der Waals surface area contributed by atoms with Crippen LogP contribution in [0.3, 0.4) is 0 Å². The van der Waals surface area contributed by atoms with Crippen molar-refractivity contribution >= 4 is 23.6 Å². The molecule has 1 unspecified atom stereocenters. The first-order valence-electron chi connectivity index (χ1n) is 7.71. The average molecular weight is 337 g/mol. The van der Waals surface area contributed by atoms with E-state index < -0.39 is 0 Å². The van der Waals surface area contributed by atoms with E-state index in [0.717, 1.165) is 37.2 Å². The fourth-order valence-corrected chi connectivity index (χ4v) is 3.58. The third-order valence-electron chi connectivity index (χ3n) is 3.95. The number of aryl methyl sites for hydroxylation is 1. The zero-order chi connectivity index (χ0) is 16.7. The van der Waals surface area contributed by atoms with Crippen LogP contribution in [0.4, 0.5) is 0 Å². The molecule has 1 aliphatic heterocycles. The number of carbonyl (C=O) groups excluding carboxylic acids is 2. The second-order valence-electron chi connectivity index (χ2n) is 5.49. The van der Waals surface area contributed by atoms with Crippen LogP contribution in [0, 0.1) is 0 Å². The van der Waals surface area contributed by atoms with Crippen molar-refractivity contribution in [2.24, 2.45) is 0 Å². The molecule has 0 spiro atoms. The Morgan fingerprint density at radius 2 is 2.00 bits per heavy atom. The van der Waals surface area contributed by atoms with Crippen molar-refractivity contribution in [3.05, 3.63) is 29.8 Å². The van der Waals surface area contributed by atoms with Gasteiger partial charge in [0.2, 0.25) is 5.91 Å². The van der Waals surface area contributed by atoms with Gasteiger partial charge in [-0.2, -0.15) is 0 Å². The number of esters is 1. The number of thioether (sulfide) groups is 1. The smallest absolute Gasteiger partial charge is 0.315 e. The second kappa shape index (κ2) is 8.82. The Balaban J connectivity index is 1.72. The molecule has 1 amide bonds. The van der Waals surface area contributed by atoms with Gasteiger partial charge in [-0.1, -0.05) is 12.1 Å². The summed E-state index contributed by atoms with van der Waals surface area (Å²) in [6, 6.07) is 7.81. The van der Waals surface area contributed by atoms with Crippen LogP contribution in [0.15, 0.2) is 24.3 Å². The first kappa shape index (κ1) is 17.7. The standard InChI is InChI=1S/C17H23NO4S/c1-21-14-6-3-13(4-7-14)5-8-16(19)18-10-9-15(11-18)23-12-17(20)22-2/h3-4,6-7,15H,5,8-12H2,1-2H3. The van der Waals surface area contributed by atoms with Crippen LogP contribution in [-0.4, -0.2) is 55.1 Å². The molecular formula is C17H23NO4S. The summed E-state index contributed by atoms with van der Waals surface area (Å²) in [5, 5.41) is 0.332. The summed E-state index contributed by atoms with van der Waals surface area (Å²) in [7, 11) is 3.03. The number of rotatable bonds is 7. The van der Waals surface area contributed by atoms with E-state index in [-0.39, 0.29) is 11.9 Å². The largest absolute Gasteiger partial charge is 0.497 e. The third-order valence-corrected chi connectivity index (χ3v) is 5.21. The van der Waals surface area contributed by atoms with Crippen LogP contribution in [0.25, 0.3) is 0 Å². The molecule has 1 heterocycles. The Morgan fingerprint density at radius 3 is 2.65 bits per heavy atom. The van der Waals surface area contributed by atoms with E-state index in [9.17, 15) is 9.59 Å². The molecule has 23 heavy (non-hydrogen) atoms. The van der Waals surface area contributed by atoms with E-state index in [4.69, 9.17) is 4.74 Å². The maximum absolute atomic E-state index is 12.3. The van der Waals surface area contributed by atoms with Gasteiger partial charge in [-0.3, -0.25) is 9.59 Å². The number of likely N-dealkylation sites (tertiary alicyclic amines) is 1. The molecule has 5 nitrogen and oxygen atoms in total. The number of hydrogen-bond donors (Lipinski definition) is 0. The zero-order valence-electron chi connectivity index (χ0n) is 13.6. The fraction of sp³-hybridized carbons (Fsp3) is 0.529. The van der Waals surface area contributed by atoms with E-state index in [1.165, 1.54) is 7.11 Å². The third kappa shape index (κ3) is 5.46. The quantitative estimate of drug-likeness (QED) is 0.714. The topological polar surface area (TPSA) is 55.8 Å². The van der Waals surface area contributed by atoms with Gasteiger partial charge < -0.3 is 14.4 Å². The Bertz CT molecular complexity index is 532. The predicted octanol–water partition coefficient (Wildman–Crippen LogP) is 2.13. The number of amides is 1. The molecular weight excluding hydrogens is 314 g/mol. The minimum absolute atomic E-state index is 0.182. The van der Waals surface area contributed by atoms with Crippen LogP contribution in [-0.2, 0) is 20.7 Å². The number of benzene rings is 1. The molecule has 0 aromatic heterocycles. The Hall–Kier alpha value is -1.69.